The van der Waals surface area contributed by atoms with Crippen molar-refractivity contribution in [2.45, 2.75) is 32.2 Å². The molecule has 6 nitrogen and oxygen atoms in total. The Kier molecular flexibility index (Phi) is 6.36. The van der Waals surface area contributed by atoms with Crippen LogP contribution in [0.2, 0.25) is 0 Å². The van der Waals surface area contributed by atoms with Crippen molar-refractivity contribution in [3.8, 4) is 0 Å². The topological polar surface area (TPSA) is 67.1 Å². The molecule has 0 atom stereocenters. The summed E-state index contributed by atoms with van der Waals surface area (Å²) in [7, 11) is 0. The Balaban J connectivity index is 1.35. The highest BCUT2D eigenvalue weighted by Gasteiger charge is 2.25. The summed E-state index contributed by atoms with van der Waals surface area (Å²) < 4.78 is 10.8. The molecule has 0 unspecified atom stereocenters. The van der Waals surface area contributed by atoms with Crippen molar-refractivity contribution in [1.29, 1.82) is 0 Å². The summed E-state index contributed by atoms with van der Waals surface area (Å²) in [5.74, 6) is 0.670. The van der Waals surface area contributed by atoms with Crippen LogP contribution in [0.15, 0.2) is 52.1 Å². The lowest BCUT2D eigenvalue weighted by molar-refractivity contribution is 0.0948. The molecule has 1 aliphatic carbocycles. The van der Waals surface area contributed by atoms with E-state index in [0.29, 0.717) is 6.54 Å². The number of hydrogen-bond donors (Lipinski definition) is 1. The first-order chi connectivity index (χ1) is 15.8. The van der Waals surface area contributed by atoms with Gasteiger partial charge in [0.05, 0.1) is 31.6 Å². The second kappa shape index (κ2) is 9.71. The van der Waals surface area contributed by atoms with Gasteiger partial charge in [0.1, 0.15) is 10.8 Å². The van der Waals surface area contributed by atoms with Crippen molar-refractivity contribution >= 4 is 34.1 Å². The van der Waals surface area contributed by atoms with E-state index in [1.54, 1.807) is 17.6 Å². The quantitative estimate of drug-likeness (QED) is 0.552. The van der Waals surface area contributed by atoms with E-state index in [1.807, 2.05) is 18.3 Å². The van der Waals surface area contributed by atoms with Gasteiger partial charge in [-0.05, 0) is 61.1 Å². The first-order valence-corrected chi connectivity index (χ1v) is 12.0. The number of fused-ring (bicyclic) bond motifs is 1. The minimum absolute atomic E-state index is 0.0735. The number of nitrogens with zero attached hydrogens (tertiary/aromatic N) is 2. The number of rotatable bonds is 6. The SMILES string of the molecule is O=C(NCc1ccco1)c1c(N=Cc2ccc(N3CCOCC3)cc2)sc2c1CCCC2. The van der Waals surface area contributed by atoms with Crippen LogP contribution in [0.5, 0.6) is 0 Å². The predicted octanol–water partition coefficient (Wildman–Crippen LogP) is 4.74. The monoisotopic (exact) mass is 449 g/mol. The van der Waals surface area contributed by atoms with Crippen molar-refractivity contribution in [3.05, 3.63) is 70.0 Å². The Morgan fingerprint density at radius 2 is 1.94 bits per heavy atom. The predicted molar refractivity (Wildman–Crippen MR) is 128 cm³/mol. The number of benzene rings is 1. The van der Waals surface area contributed by atoms with Crippen molar-refractivity contribution in [1.82, 2.24) is 5.32 Å². The molecule has 0 bridgehead atoms. The third-order valence-electron chi connectivity index (χ3n) is 5.98. The lowest BCUT2D eigenvalue weighted by Gasteiger charge is -2.28. The first-order valence-electron chi connectivity index (χ1n) is 11.2. The molecule has 5 rings (SSSR count). The third kappa shape index (κ3) is 4.64. The third-order valence-corrected chi connectivity index (χ3v) is 7.18. The molecule has 1 fully saturated rings. The lowest BCUT2D eigenvalue weighted by Crippen LogP contribution is -2.36. The van der Waals surface area contributed by atoms with Gasteiger partial charge in [-0.15, -0.1) is 11.3 Å². The zero-order valence-corrected chi connectivity index (χ0v) is 18.8. The summed E-state index contributed by atoms with van der Waals surface area (Å²) in [6.45, 7) is 3.77. The Morgan fingerprint density at radius 1 is 1.12 bits per heavy atom. The highest BCUT2D eigenvalue weighted by Crippen LogP contribution is 2.39. The number of furan rings is 1. The molecule has 2 aliphatic rings. The van der Waals surface area contributed by atoms with E-state index in [0.717, 1.165) is 67.5 Å². The van der Waals surface area contributed by atoms with Crippen molar-refractivity contribution in [2.24, 2.45) is 4.99 Å². The van der Waals surface area contributed by atoms with Crippen LogP contribution in [-0.4, -0.2) is 38.4 Å². The van der Waals surface area contributed by atoms with Gasteiger partial charge in [0.15, 0.2) is 0 Å². The van der Waals surface area contributed by atoms with Gasteiger partial charge in [0.2, 0.25) is 0 Å². The number of nitrogens with one attached hydrogen (secondary N) is 1. The number of morpholine rings is 1. The molecule has 166 valence electrons. The van der Waals surface area contributed by atoms with Gasteiger partial charge in [0.25, 0.3) is 5.91 Å². The standard InChI is InChI=1S/C25H27N3O3S/c29-24(26-17-20-4-3-13-31-20)23-21-5-1-2-6-22(21)32-25(23)27-16-18-7-9-19(10-8-18)28-11-14-30-15-12-28/h3-4,7-10,13,16H,1-2,5-6,11-12,14-15,17H2,(H,26,29). The van der Waals surface area contributed by atoms with Gasteiger partial charge in [-0.1, -0.05) is 12.1 Å². The summed E-state index contributed by atoms with van der Waals surface area (Å²) >= 11 is 1.65. The van der Waals surface area contributed by atoms with Gasteiger partial charge in [-0.2, -0.15) is 0 Å². The molecule has 1 N–H and O–H groups in total. The van der Waals surface area contributed by atoms with Crippen LogP contribution in [0.3, 0.4) is 0 Å². The maximum atomic E-state index is 13.1. The van der Waals surface area contributed by atoms with Crippen LogP contribution in [-0.2, 0) is 24.1 Å². The Bertz CT molecular complexity index is 1080. The second-order valence-corrected chi connectivity index (χ2v) is 9.19. The largest absolute Gasteiger partial charge is 0.467 e. The van der Waals surface area contributed by atoms with Crippen molar-refractivity contribution < 1.29 is 13.9 Å². The summed E-state index contributed by atoms with van der Waals surface area (Å²) in [5, 5.41) is 3.80. The smallest absolute Gasteiger partial charge is 0.255 e. The zero-order chi connectivity index (χ0) is 21.8. The molecular weight excluding hydrogens is 422 g/mol. The summed E-state index contributed by atoms with van der Waals surface area (Å²) in [5.41, 5.74) is 4.14. The van der Waals surface area contributed by atoms with E-state index in [1.165, 1.54) is 22.5 Å². The fraction of sp³-hybridized carbons (Fsp3) is 0.360. The molecule has 7 heteroatoms. The molecule has 0 saturated carbocycles. The number of amides is 1. The van der Waals surface area contributed by atoms with E-state index in [4.69, 9.17) is 14.1 Å². The van der Waals surface area contributed by atoms with Crippen molar-refractivity contribution in [2.75, 3.05) is 31.2 Å². The van der Waals surface area contributed by atoms with E-state index < -0.39 is 0 Å². The number of aryl methyl sites for hydroxylation is 1. The maximum absolute atomic E-state index is 13.1. The molecule has 3 aromatic rings. The molecule has 0 radical (unpaired) electrons. The number of ether oxygens (including phenoxy) is 1. The molecular formula is C25H27N3O3S. The lowest BCUT2D eigenvalue weighted by atomic mass is 9.95. The Morgan fingerprint density at radius 3 is 2.72 bits per heavy atom. The summed E-state index contributed by atoms with van der Waals surface area (Å²) in [6.07, 6.45) is 7.75. The average Bonchev–Trinajstić information content (AvgIpc) is 3.50. The molecule has 0 spiro atoms. The number of hydrogen-bond acceptors (Lipinski definition) is 6. The first kappa shape index (κ1) is 21.0. The zero-order valence-electron chi connectivity index (χ0n) is 18.0. The summed E-state index contributed by atoms with van der Waals surface area (Å²) in [4.78, 5) is 21.5. The van der Waals surface area contributed by atoms with E-state index in [-0.39, 0.29) is 5.91 Å². The fourth-order valence-corrected chi connectivity index (χ4v) is 5.50. The van der Waals surface area contributed by atoms with Crippen LogP contribution in [0.25, 0.3) is 0 Å². The molecule has 2 aromatic heterocycles. The highest BCUT2D eigenvalue weighted by molar-refractivity contribution is 7.16. The maximum Gasteiger partial charge on any atom is 0.255 e. The molecule has 32 heavy (non-hydrogen) atoms. The van der Waals surface area contributed by atoms with E-state index in [9.17, 15) is 4.79 Å². The van der Waals surface area contributed by atoms with E-state index >= 15 is 0 Å². The Labute approximate surface area is 191 Å². The van der Waals surface area contributed by atoms with Gasteiger partial charge >= 0.3 is 0 Å². The molecule has 1 amide bonds. The summed E-state index contributed by atoms with van der Waals surface area (Å²) in [6, 6.07) is 12.1. The van der Waals surface area contributed by atoms with Crippen LogP contribution in [0, 0.1) is 0 Å². The van der Waals surface area contributed by atoms with Gasteiger partial charge in [0, 0.05) is 29.9 Å². The van der Waals surface area contributed by atoms with Crippen LogP contribution < -0.4 is 10.2 Å². The second-order valence-electron chi connectivity index (χ2n) is 8.10. The normalized spacial score (nSPS) is 16.3. The molecule has 1 aliphatic heterocycles. The van der Waals surface area contributed by atoms with Gasteiger partial charge < -0.3 is 19.4 Å². The average molecular weight is 450 g/mol. The number of carbonyl (C=O) groups excluding carboxylic acids is 1. The molecule has 1 aromatic carbocycles. The number of aliphatic imine (C=N–C) groups is 1. The Hall–Kier alpha value is -2.90. The van der Waals surface area contributed by atoms with Gasteiger partial charge in [-0.25, -0.2) is 4.99 Å². The van der Waals surface area contributed by atoms with Gasteiger partial charge in [-0.3, -0.25) is 4.79 Å². The van der Waals surface area contributed by atoms with Crippen LogP contribution in [0.1, 0.15) is 45.0 Å². The van der Waals surface area contributed by atoms with Crippen LogP contribution >= 0.6 is 11.3 Å². The van der Waals surface area contributed by atoms with Crippen molar-refractivity contribution in [3.63, 3.8) is 0 Å². The minimum atomic E-state index is -0.0735. The minimum Gasteiger partial charge on any atom is -0.467 e. The number of thiophene rings is 1. The fourth-order valence-electron chi connectivity index (χ4n) is 4.27. The van der Waals surface area contributed by atoms with E-state index in [2.05, 4.69) is 34.5 Å². The number of carbonyl (C=O) groups is 1. The molecule has 1 saturated heterocycles. The molecule has 3 heterocycles. The number of anilines is 1. The van der Waals surface area contributed by atoms with Crippen LogP contribution in [0.4, 0.5) is 10.7 Å². The highest BCUT2D eigenvalue weighted by atomic mass is 32.1.